The van der Waals surface area contributed by atoms with E-state index in [9.17, 15) is 0 Å². The van der Waals surface area contributed by atoms with Gasteiger partial charge in [-0.1, -0.05) is 13.8 Å². The van der Waals surface area contributed by atoms with Gasteiger partial charge in [-0.05, 0) is 31.2 Å². The van der Waals surface area contributed by atoms with Gasteiger partial charge >= 0.3 is 0 Å². The molecule has 2 aromatic rings. The molecule has 5 nitrogen and oxygen atoms in total. The van der Waals surface area contributed by atoms with Crippen LogP contribution in [0.15, 0.2) is 12.4 Å². The molecule has 19 heavy (non-hydrogen) atoms. The number of aromatic nitrogens is 4. The topological polar surface area (TPSA) is 69.6 Å². The molecule has 100 valence electrons. The van der Waals surface area contributed by atoms with Crippen molar-refractivity contribution in [2.45, 2.75) is 45.6 Å². The highest BCUT2D eigenvalue weighted by Crippen LogP contribution is 2.42. The number of anilines is 1. The summed E-state index contributed by atoms with van der Waals surface area (Å²) in [6.45, 7) is 8.72. The van der Waals surface area contributed by atoms with E-state index in [0.29, 0.717) is 12.0 Å². The van der Waals surface area contributed by atoms with Crippen LogP contribution in [0.1, 0.15) is 44.9 Å². The zero-order valence-electron chi connectivity index (χ0n) is 11.8. The molecule has 1 aliphatic rings. The van der Waals surface area contributed by atoms with Crippen molar-refractivity contribution in [2.24, 2.45) is 0 Å². The first kappa shape index (κ1) is 12.1. The van der Waals surface area contributed by atoms with Crippen molar-refractivity contribution in [3.05, 3.63) is 23.5 Å². The number of hydrogen-bond acceptors (Lipinski definition) is 4. The van der Waals surface area contributed by atoms with Crippen LogP contribution in [0.3, 0.4) is 0 Å². The molecule has 0 saturated heterocycles. The van der Waals surface area contributed by atoms with E-state index in [1.165, 1.54) is 5.56 Å². The van der Waals surface area contributed by atoms with Gasteiger partial charge in [0.05, 0.1) is 17.6 Å². The molecule has 0 bridgehead atoms. The van der Waals surface area contributed by atoms with E-state index in [1.54, 1.807) is 0 Å². The van der Waals surface area contributed by atoms with E-state index >= 15 is 0 Å². The smallest absolute Gasteiger partial charge is 0.220 e. The van der Waals surface area contributed by atoms with Crippen molar-refractivity contribution in [1.82, 2.24) is 19.7 Å². The van der Waals surface area contributed by atoms with Crippen molar-refractivity contribution in [3.8, 4) is 11.4 Å². The van der Waals surface area contributed by atoms with Crippen LogP contribution in [0.4, 0.5) is 5.95 Å². The van der Waals surface area contributed by atoms with Crippen LogP contribution in [0, 0.1) is 0 Å². The molecule has 5 heteroatoms. The van der Waals surface area contributed by atoms with Gasteiger partial charge in [0.2, 0.25) is 5.95 Å². The molecular weight excluding hydrogens is 238 g/mol. The first-order valence-electron chi connectivity index (χ1n) is 6.60. The summed E-state index contributed by atoms with van der Waals surface area (Å²) >= 11 is 0. The lowest BCUT2D eigenvalue weighted by atomic mass is 9.74. The Balaban J connectivity index is 2.33. The molecule has 1 aliphatic carbocycles. The Kier molecular flexibility index (Phi) is 2.42. The molecule has 0 saturated carbocycles. The molecule has 0 aromatic carbocycles. The third kappa shape index (κ3) is 1.72. The monoisotopic (exact) mass is 257 g/mol. The third-order valence-corrected chi connectivity index (χ3v) is 3.75. The van der Waals surface area contributed by atoms with E-state index in [1.807, 2.05) is 17.1 Å². The third-order valence-electron chi connectivity index (χ3n) is 3.75. The summed E-state index contributed by atoms with van der Waals surface area (Å²) < 4.78 is 2.03. The van der Waals surface area contributed by atoms with Crippen molar-refractivity contribution >= 4 is 5.95 Å². The molecule has 0 fully saturated rings. The first-order chi connectivity index (χ1) is 8.90. The lowest BCUT2D eigenvalue weighted by Gasteiger charge is -2.31. The summed E-state index contributed by atoms with van der Waals surface area (Å²) in [7, 11) is 0. The molecule has 0 unspecified atom stereocenters. The Labute approximate surface area is 112 Å². The van der Waals surface area contributed by atoms with Crippen molar-refractivity contribution < 1.29 is 0 Å². The normalized spacial score (nSPS) is 16.3. The minimum Gasteiger partial charge on any atom is -0.368 e. The van der Waals surface area contributed by atoms with E-state index in [2.05, 4.69) is 42.8 Å². The lowest BCUT2D eigenvalue weighted by molar-refractivity contribution is 0.502. The SMILES string of the molecule is CC(C)n1ncc2c1-c1nc(N)ncc1CC2(C)C. The quantitative estimate of drug-likeness (QED) is 0.851. The van der Waals surface area contributed by atoms with Crippen molar-refractivity contribution in [2.75, 3.05) is 5.73 Å². The van der Waals surface area contributed by atoms with E-state index in [4.69, 9.17) is 5.73 Å². The Morgan fingerprint density at radius 3 is 2.74 bits per heavy atom. The first-order valence-corrected chi connectivity index (χ1v) is 6.60. The Morgan fingerprint density at radius 2 is 2.05 bits per heavy atom. The summed E-state index contributed by atoms with van der Waals surface area (Å²) in [4.78, 5) is 8.57. The average molecular weight is 257 g/mol. The maximum absolute atomic E-state index is 5.75. The molecule has 2 aromatic heterocycles. The second kappa shape index (κ2) is 3.79. The number of rotatable bonds is 1. The minimum atomic E-state index is 0.0505. The number of hydrogen-bond donors (Lipinski definition) is 1. The second-order valence-corrected chi connectivity index (χ2v) is 6.11. The average Bonchev–Trinajstić information content (AvgIpc) is 2.76. The number of nitrogen functional groups attached to an aromatic ring is 1. The molecule has 2 heterocycles. The van der Waals surface area contributed by atoms with E-state index in [-0.39, 0.29) is 5.41 Å². The maximum Gasteiger partial charge on any atom is 0.220 e. The van der Waals surface area contributed by atoms with Gasteiger partial charge in [0.25, 0.3) is 0 Å². The Hall–Kier alpha value is -1.91. The van der Waals surface area contributed by atoms with Crippen LogP contribution in [0.5, 0.6) is 0 Å². The fourth-order valence-corrected chi connectivity index (χ4v) is 2.81. The largest absolute Gasteiger partial charge is 0.368 e. The van der Waals surface area contributed by atoms with Gasteiger partial charge in [-0.2, -0.15) is 5.10 Å². The van der Waals surface area contributed by atoms with Crippen LogP contribution in [0.25, 0.3) is 11.4 Å². The highest BCUT2D eigenvalue weighted by molar-refractivity contribution is 5.68. The van der Waals surface area contributed by atoms with Gasteiger partial charge in [0.1, 0.15) is 0 Å². The van der Waals surface area contributed by atoms with Crippen LogP contribution < -0.4 is 5.73 Å². The second-order valence-electron chi connectivity index (χ2n) is 6.11. The fraction of sp³-hybridized carbons (Fsp3) is 0.500. The fourth-order valence-electron chi connectivity index (χ4n) is 2.81. The van der Waals surface area contributed by atoms with E-state index in [0.717, 1.165) is 23.4 Å². The van der Waals surface area contributed by atoms with Gasteiger partial charge in [-0.15, -0.1) is 0 Å². The maximum atomic E-state index is 5.75. The number of nitrogens with zero attached hydrogens (tertiary/aromatic N) is 4. The number of fused-ring (bicyclic) bond motifs is 3. The highest BCUT2D eigenvalue weighted by atomic mass is 15.3. The highest BCUT2D eigenvalue weighted by Gasteiger charge is 2.35. The minimum absolute atomic E-state index is 0.0505. The van der Waals surface area contributed by atoms with Crippen LogP contribution in [0.2, 0.25) is 0 Å². The Morgan fingerprint density at radius 1 is 1.32 bits per heavy atom. The van der Waals surface area contributed by atoms with Gasteiger partial charge in [-0.3, -0.25) is 4.68 Å². The Bertz CT molecular complexity index is 639. The molecule has 0 amide bonds. The predicted octanol–water partition coefficient (Wildman–Crippen LogP) is 2.34. The van der Waals surface area contributed by atoms with Crippen molar-refractivity contribution in [1.29, 1.82) is 0 Å². The van der Waals surface area contributed by atoms with Crippen molar-refractivity contribution in [3.63, 3.8) is 0 Å². The molecule has 0 atom stereocenters. The van der Waals surface area contributed by atoms with E-state index < -0.39 is 0 Å². The molecule has 0 spiro atoms. The molecule has 3 rings (SSSR count). The zero-order valence-corrected chi connectivity index (χ0v) is 11.8. The standard InChI is InChI=1S/C14H19N5/c1-8(2)19-12-10(7-17-19)14(3,4)5-9-6-16-13(15)18-11(9)12/h6-8H,5H2,1-4H3,(H2,15,16,18). The zero-order chi connectivity index (χ0) is 13.8. The molecule has 2 N–H and O–H groups in total. The van der Waals surface area contributed by atoms with Gasteiger partial charge in [0.15, 0.2) is 0 Å². The van der Waals surface area contributed by atoms with Gasteiger partial charge < -0.3 is 5.73 Å². The van der Waals surface area contributed by atoms with Crippen LogP contribution in [-0.2, 0) is 11.8 Å². The summed E-state index contributed by atoms with van der Waals surface area (Å²) in [5, 5.41) is 4.54. The molecular formula is C14H19N5. The number of nitrogens with two attached hydrogens (primary N) is 1. The van der Waals surface area contributed by atoms with Gasteiger partial charge in [-0.25, -0.2) is 9.97 Å². The summed E-state index contributed by atoms with van der Waals surface area (Å²) in [6.07, 6.45) is 4.73. The predicted molar refractivity (Wildman–Crippen MR) is 74.8 cm³/mol. The summed E-state index contributed by atoms with van der Waals surface area (Å²) in [5.41, 5.74) is 10.2. The van der Waals surface area contributed by atoms with Crippen LogP contribution in [-0.4, -0.2) is 19.7 Å². The molecule has 0 aliphatic heterocycles. The van der Waals surface area contributed by atoms with Crippen LogP contribution >= 0.6 is 0 Å². The lowest BCUT2D eigenvalue weighted by Crippen LogP contribution is -2.27. The van der Waals surface area contributed by atoms with Gasteiger partial charge in [0, 0.05) is 17.8 Å². The molecule has 0 radical (unpaired) electrons. The summed E-state index contributed by atoms with van der Waals surface area (Å²) in [6, 6.07) is 0.293. The summed E-state index contributed by atoms with van der Waals surface area (Å²) in [5.74, 6) is 0.320.